The minimum Gasteiger partial charge on any atom is -0.504 e. The fourth-order valence-corrected chi connectivity index (χ4v) is 3.70. The van der Waals surface area contributed by atoms with Crippen LogP contribution in [0, 0.1) is 5.82 Å². The van der Waals surface area contributed by atoms with E-state index in [1.54, 1.807) is 31.2 Å². The van der Waals surface area contributed by atoms with E-state index in [0.29, 0.717) is 23.8 Å². The van der Waals surface area contributed by atoms with Gasteiger partial charge in [-0.05, 0) is 63.5 Å². The highest BCUT2D eigenvalue weighted by atomic mass is 19.1. The van der Waals surface area contributed by atoms with Gasteiger partial charge in [0.05, 0.1) is 6.61 Å². The highest BCUT2D eigenvalue weighted by Crippen LogP contribution is 2.33. The summed E-state index contributed by atoms with van der Waals surface area (Å²) in [6, 6.07) is 11.7. The number of fused-ring (bicyclic) bond motifs is 1. The summed E-state index contributed by atoms with van der Waals surface area (Å²) in [4.78, 5) is 2.42. The molecule has 2 aromatic carbocycles. The fraction of sp³-hybridized carbons (Fsp3) is 0.435. The number of hydrogen-bond acceptors (Lipinski definition) is 6. The Hall–Kier alpha value is -2.64. The monoisotopic (exact) mass is 416 g/mol. The number of para-hydroxylation sites is 2. The maximum atomic E-state index is 13.3. The number of aromatic nitrogens is 1. The van der Waals surface area contributed by atoms with E-state index < -0.39 is 0 Å². The number of aliphatic hydroxyl groups is 1. The summed E-state index contributed by atoms with van der Waals surface area (Å²) in [6.07, 6.45) is 2.91. The van der Waals surface area contributed by atoms with Gasteiger partial charge in [0.1, 0.15) is 17.1 Å². The summed E-state index contributed by atoms with van der Waals surface area (Å²) in [5.74, 6) is 1.63. The quantitative estimate of drug-likeness (QED) is 0.583. The summed E-state index contributed by atoms with van der Waals surface area (Å²) < 4.78 is 24.5. The minimum atomic E-state index is -0.289. The Balaban J connectivity index is 0.000000806. The lowest BCUT2D eigenvalue weighted by Crippen LogP contribution is -2.34. The van der Waals surface area contributed by atoms with Crippen LogP contribution < -0.4 is 4.74 Å². The van der Waals surface area contributed by atoms with Gasteiger partial charge < -0.3 is 24.4 Å². The van der Waals surface area contributed by atoms with Gasteiger partial charge in [0.2, 0.25) is 0 Å². The van der Waals surface area contributed by atoms with E-state index in [4.69, 9.17) is 14.4 Å². The van der Waals surface area contributed by atoms with Crippen LogP contribution in [0.15, 0.2) is 47.0 Å². The predicted molar refractivity (Wildman–Crippen MR) is 113 cm³/mol. The number of aromatic hydroxyl groups is 1. The molecule has 3 aromatic rings. The van der Waals surface area contributed by atoms with Crippen LogP contribution in [0.1, 0.15) is 37.9 Å². The molecule has 2 N–H and O–H groups in total. The van der Waals surface area contributed by atoms with Crippen LogP contribution in [0.5, 0.6) is 11.5 Å². The maximum Gasteiger partial charge on any atom is 0.160 e. The minimum absolute atomic E-state index is 0.178. The SMILES string of the molecule is CCO.Oc1ccccc1OCCCN1CCC(c2onc3cc(F)ccc23)CC1. The molecule has 0 saturated carbocycles. The standard InChI is InChI=1S/C21H23FN2O3.C2H6O/c22-16-6-7-17-18(14-16)23-27-21(17)15-8-11-24(12-9-15)10-3-13-26-20-5-2-1-4-19(20)25;1-2-3/h1-2,4-7,14-15,25H,3,8-13H2;3H,2H2,1H3. The predicted octanol–water partition coefficient (Wildman–Crippen LogP) is 4.32. The number of halogens is 1. The first-order valence-electron chi connectivity index (χ1n) is 10.4. The number of phenolic OH excluding ortho intramolecular Hbond substituents is 1. The molecule has 1 saturated heterocycles. The van der Waals surface area contributed by atoms with Crippen molar-refractivity contribution < 1.29 is 23.9 Å². The number of likely N-dealkylation sites (tertiary alicyclic amines) is 1. The van der Waals surface area contributed by atoms with Gasteiger partial charge >= 0.3 is 0 Å². The third kappa shape index (κ3) is 5.70. The number of hydrogen-bond donors (Lipinski definition) is 2. The first-order valence-corrected chi connectivity index (χ1v) is 10.4. The Morgan fingerprint density at radius 3 is 2.67 bits per heavy atom. The van der Waals surface area contributed by atoms with Crippen LogP contribution in [0.25, 0.3) is 10.9 Å². The van der Waals surface area contributed by atoms with Crippen molar-refractivity contribution in [1.82, 2.24) is 10.1 Å². The zero-order chi connectivity index (χ0) is 21.3. The largest absolute Gasteiger partial charge is 0.504 e. The van der Waals surface area contributed by atoms with Crippen molar-refractivity contribution in [2.45, 2.75) is 32.1 Å². The van der Waals surface area contributed by atoms with Crippen LogP contribution in [0.2, 0.25) is 0 Å². The van der Waals surface area contributed by atoms with Crippen molar-refractivity contribution in [1.29, 1.82) is 0 Å². The molecule has 30 heavy (non-hydrogen) atoms. The average Bonchev–Trinajstić information content (AvgIpc) is 3.16. The summed E-state index contributed by atoms with van der Waals surface area (Å²) >= 11 is 0. The Bertz CT molecular complexity index is 922. The van der Waals surface area contributed by atoms with Crippen LogP contribution >= 0.6 is 0 Å². The summed E-state index contributed by atoms with van der Waals surface area (Å²) in [5, 5.41) is 22.2. The number of benzene rings is 2. The molecule has 6 nitrogen and oxygen atoms in total. The van der Waals surface area contributed by atoms with E-state index in [1.807, 2.05) is 6.07 Å². The van der Waals surface area contributed by atoms with Crippen molar-refractivity contribution in [3.8, 4) is 11.5 Å². The number of rotatable bonds is 6. The first-order chi connectivity index (χ1) is 14.6. The van der Waals surface area contributed by atoms with Gasteiger partial charge in [-0.15, -0.1) is 0 Å². The zero-order valence-electron chi connectivity index (χ0n) is 17.3. The maximum absolute atomic E-state index is 13.3. The Kier molecular flexibility index (Phi) is 8.04. The number of ether oxygens (including phenoxy) is 1. The molecule has 1 aliphatic heterocycles. The van der Waals surface area contributed by atoms with E-state index in [0.717, 1.165) is 50.0 Å². The Morgan fingerprint density at radius 2 is 1.93 bits per heavy atom. The van der Waals surface area contributed by atoms with Gasteiger partial charge in [-0.2, -0.15) is 0 Å². The summed E-state index contributed by atoms with van der Waals surface area (Å²) in [7, 11) is 0. The topological polar surface area (TPSA) is 79.0 Å². The molecule has 1 aromatic heterocycles. The fourth-order valence-electron chi connectivity index (χ4n) is 3.70. The van der Waals surface area contributed by atoms with Gasteiger partial charge in [0.15, 0.2) is 11.5 Å². The smallest absolute Gasteiger partial charge is 0.160 e. The van der Waals surface area contributed by atoms with Crippen molar-refractivity contribution >= 4 is 10.9 Å². The lowest BCUT2D eigenvalue weighted by Gasteiger charge is -2.30. The second-order valence-electron chi connectivity index (χ2n) is 7.31. The second kappa shape index (κ2) is 10.9. The molecule has 1 fully saturated rings. The number of nitrogens with zero attached hydrogens (tertiary/aromatic N) is 2. The van der Waals surface area contributed by atoms with Crippen molar-refractivity contribution in [2.75, 3.05) is 32.8 Å². The van der Waals surface area contributed by atoms with Crippen LogP contribution in [-0.2, 0) is 0 Å². The second-order valence-corrected chi connectivity index (χ2v) is 7.31. The number of piperidine rings is 1. The molecule has 0 bridgehead atoms. The van der Waals surface area contributed by atoms with Gasteiger partial charge in [0.25, 0.3) is 0 Å². The van der Waals surface area contributed by atoms with E-state index in [2.05, 4.69) is 10.1 Å². The van der Waals surface area contributed by atoms with Gasteiger partial charge in [-0.1, -0.05) is 17.3 Å². The molecule has 4 rings (SSSR count). The van der Waals surface area contributed by atoms with Crippen LogP contribution in [0.3, 0.4) is 0 Å². The molecule has 1 aliphatic rings. The summed E-state index contributed by atoms with van der Waals surface area (Å²) in [6.45, 7) is 5.45. The van der Waals surface area contributed by atoms with Crippen LogP contribution in [-0.4, -0.2) is 53.1 Å². The molecular formula is C23H29FN2O4. The summed E-state index contributed by atoms with van der Waals surface area (Å²) in [5.41, 5.74) is 0.591. The Morgan fingerprint density at radius 1 is 1.20 bits per heavy atom. The molecule has 0 unspecified atom stereocenters. The third-order valence-corrected chi connectivity index (χ3v) is 5.17. The molecule has 0 radical (unpaired) electrons. The molecule has 0 atom stereocenters. The number of aliphatic hydroxyl groups excluding tert-OH is 1. The molecular weight excluding hydrogens is 387 g/mol. The van der Waals surface area contributed by atoms with Crippen LogP contribution in [0.4, 0.5) is 4.39 Å². The first kappa shape index (κ1) is 22.1. The molecule has 162 valence electrons. The molecule has 7 heteroatoms. The van der Waals surface area contributed by atoms with Crippen molar-refractivity contribution in [3.63, 3.8) is 0 Å². The van der Waals surface area contributed by atoms with E-state index in [-0.39, 0.29) is 18.2 Å². The average molecular weight is 416 g/mol. The van der Waals surface area contributed by atoms with Gasteiger partial charge in [-0.3, -0.25) is 0 Å². The molecule has 0 aliphatic carbocycles. The Labute approximate surface area is 175 Å². The molecule has 2 heterocycles. The lowest BCUT2D eigenvalue weighted by molar-refractivity contribution is 0.182. The van der Waals surface area contributed by atoms with Crippen molar-refractivity contribution in [3.05, 3.63) is 54.0 Å². The number of phenols is 1. The normalized spacial score (nSPS) is 15.0. The van der Waals surface area contributed by atoms with Gasteiger partial charge in [0, 0.05) is 30.5 Å². The molecule has 0 amide bonds. The zero-order valence-corrected chi connectivity index (χ0v) is 17.3. The van der Waals surface area contributed by atoms with E-state index in [1.165, 1.54) is 12.1 Å². The lowest BCUT2D eigenvalue weighted by atomic mass is 9.92. The highest BCUT2D eigenvalue weighted by molar-refractivity contribution is 5.80. The van der Waals surface area contributed by atoms with E-state index >= 15 is 0 Å². The molecule has 0 spiro atoms. The third-order valence-electron chi connectivity index (χ3n) is 5.17. The van der Waals surface area contributed by atoms with E-state index in [9.17, 15) is 9.50 Å². The van der Waals surface area contributed by atoms with Gasteiger partial charge in [-0.25, -0.2) is 4.39 Å². The highest BCUT2D eigenvalue weighted by Gasteiger charge is 2.25. The van der Waals surface area contributed by atoms with Crippen molar-refractivity contribution in [2.24, 2.45) is 0 Å².